The second-order valence-electron chi connectivity index (χ2n) is 9.57. The second-order valence-corrected chi connectivity index (χ2v) is 9.57. The van der Waals surface area contributed by atoms with Crippen LogP contribution in [0.15, 0.2) is 83.4 Å². The van der Waals surface area contributed by atoms with E-state index >= 15 is 0 Å². The van der Waals surface area contributed by atoms with E-state index in [1.54, 1.807) is 22.9 Å². The third-order valence-electron chi connectivity index (χ3n) is 6.54. The van der Waals surface area contributed by atoms with Gasteiger partial charge in [-0.15, -0.1) is 0 Å². The van der Waals surface area contributed by atoms with Crippen LogP contribution in [0, 0.1) is 10.1 Å². The lowest BCUT2D eigenvalue weighted by Crippen LogP contribution is -2.36. The minimum atomic E-state index is -0.396. The minimum Gasteiger partial charge on any atom is -0.351 e. The maximum absolute atomic E-state index is 12.9. The Kier molecular flexibility index (Phi) is 7.44. The Balaban J connectivity index is 1.33. The fourth-order valence-corrected chi connectivity index (χ4v) is 4.61. The predicted octanol–water partition coefficient (Wildman–Crippen LogP) is 4.92. The summed E-state index contributed by atoms with van der Waals surface area (Å²) in [6.07, 6.45) is 4.77. The van der Waals surface area contributed by atoms with Crippen molar-refractivity contribution in [1.29, 1.82) is 0 Å². The maximum atomic E-state index is 12.9. The molecule has 198 valence electrons. The Morgan fingerprint density at radius 1 is 1.10 bits per heavy atom. The van der Waals surface area contributed by atoms with Gasteiger partial charge in [-0.2, -0.15) is 4.98 Å². The van der Waals surface area contributed by atoms with Gasteiger partial charge in [-0.25, -0.2) is 9.97 Å². The largest absolute Gasteiger partial charge is 0.351 e. The van der Waals surface area contributed by atoms with Crippen molar-refractivity contribution in [3.63, 3.8) is 0 Å². The molecule has 2 aromatic carbocycles. The Morgan fingerprint density at radius 3 is 2.62 bits per heavy atom. The van der Waals surface area contributed by atoms with E-state index in [0.717, 1.165) is 29.5 Å². The van der Waals surface area contributed by atoms with E-state index in [1.807, 2.05) is 72.5 Å². The van der Waals surface area contributed by atoms with Gasteiger partial charge in [-0.05, 0) is 37.0 Å². The standard InChI is InChI=1S/C29H29N7O3/c1-20(17-22-9-11-23(12-10-22)18-21(2)36(38)39)31-28-30-14-13-26(33-28)34-15-6-16-35-27(37)19-25(32-29(34)35)24-7-4-3-5-8-24/h3-5,7-14,18-20H,6,15-17H2,1-2H3,(H,30,31,33). The van der Waals surface area contributed by atoms with Crippen LogP contribution in [0.4, 0.5) is 17.7 Å². The summed E-state index contributed by atoms with van der Waals surface area (Å²) < 4.78 is 1.69. The molecule has 1 aliphatic rings. The number of nitrogens with zero attached hydrogens (tertiary/aromatic N) is 6. The molecule has 1 atom stereocenters. The number of aromatic nitrogens is 4. The molecule has 3 heterocycles. The number of anilines is 3. The second kappa shape index (κ2) is 11.3. The molecule has 1 aliphatic heterocycles. The number of rotatable bonds is 8. The first-order chi connectivity index (χ1) is 18.9. The van der Waals surface area contributed by atoms with E-state index in [-0.39, 0.29) is 17.3 Å². The molecule has 5 rings (SSSR count). The number of allylic oxidation sites excluding steroid dienone is 1. The Bertz CT molecular complexity index is 1570. The predicted molar refractivity (Wildman–Crippen MR) is 151 cm³/mol. The summed E-state index contributed by atoms with van der Waals surface area (Å²) in [4.78, 5) is 39.4. The van der Waals surface area contributed by atoms with Gasteiger partial charge in [-0.3, -0.25) is 24.4 Å². The topological polar surface area (TPSA) is 119 Å². The number of nitro groups is 1. The van der Waals surface area contributed by atoms with Crippen LogP contribution in [0.3, 0.4) is 0 Å². The molecule has 4 aromatic rings. The molecule has 1 unspecified atom stereocenters. The molecule has 1 N–H and O–H groups in total. The van der Waals surface area contributed by atoms with Crippen LogP contribution >= 0.6 is 0 Å². The zero-order valence-corrected chi connectivity index (χ0v) is 21.8. The van der Waals surface area contributed by atoms with Gasteiger partial charge in [0.05, 0.1) is 10.6 Å². The van der Waals surface area contributed by atoms with Gasteiger partial charge in [-0.1, -0.05) is 54.6 Å². The van der Waals surface area contributed by atoms with E-state index in [2.05, 4.69) is 10.3 Å². The summed E-state index contributed by atoms with van der Waals surface area (Å²) in [5.41, 5.74) is 3.41. The summed E-state index contributed by atoms with van der Waals surface area (Å²) in [5, 5.41) is 14.2. The van der Waals surface area contributed by atoms with Gasteiger partial charge >= 0.3 is 0 Å². The SMILES string of the molecule is CC(=Cc1ccc(CC(C)Nc2nccc(N3CCCn4c3nc(-c3ccccc3)cc4=O)n2)cc1)[N+](=O)[O-]. The van der Waals surface area contributed by atoms with Crippen LogP contribution in [0.25, 0.3) is 17.3 Å². The van der Waals surface area contributed by atoms with Crippen molar-refractivity contribution < 1.29 is 4.92 Å². The van der Waals surface area contributed by atoms with Crippen molar-refractivity contribution in [2.24, 2.45) is 0 Å². The van der Waals surface area contributed by atoms with Gasteiger partial charge < -0.3 is 5.32 Å². The van der Waals surface area contributed by atoms with Gasteiger partial charge in [0.25, 0.3) is 5.56 Å². The van der Waals surface area contributed by atoms with Crippen molar-refractivity contribution in [3.05, 3.63) is 110 Å². The van der Waals surface area contributed by atoms with Crippen molar-refractivity contribution in [1.82, 2.24) is 19.5 Å². The number of hydrogen-bond acceptors (Lipinski definition) is 8. The smallest absolute Gasteiger partial charge is 0.255 e. The minimum absolute atomic E-state index is 0.0289. The zero-order valence-electron chi connectivity index (χ0n) is 21.8. The molecule has 0 aliphatic carbocycles. The van der Waals surface area contributed by atoms with Crippen molar-refractivity contribution in [2.45, 2.75) is 39.3 Å². The van der Waals surface area contributed by atoms with Crippen molar-refractivity contribution in [2.75, 3.05) is 16.8 Å². The third-order valence-corrected chi connectivity index (χ3v) is 6.54. The van der Waals surface area contributed by atoms with E-state index < -0.39 is 4.92 Å². The third kappa shape index (κ3) is 6.01. The molecule has 10 heteroatoms. The van der Waals surface area contributed by atoms with Crippen LogP contribution in [0.5, 0.6) is 0 Å². The number of hydrogen-bond donors (Lipinski definition) is 1. The fraction of sp³-hybridized carbons (Fsp3) is 0.241. The van der Waals surface area contributed by atoms with Crippen LogP contribution in [-0.4, -0.2) is 37.0 Å². The van der Waals surface area contributed by atoms with Crippen molar-refractivity contribution >= 4 is 23.8 Å². The molecule has 0 saturated heterocycles. The molecular formula is C29H29N7O3. The van der Waals surface area contributed by atoms with Gasteiger partial charge in [0.1, 0.15) is 5.82 Å². The number of nitrogens with one attached hydrogen (secondary N) is 1. The molecule has 10 nitrogen and oxygen atoms in total. The van der Waals surface area contributed by atoms with Gasteiger partial charge in [0.15, 0.2) is 0 Å². The lowest BCUT2D eigenvalue weighted by atomic mass is 10.0. The van der Waals surface area contributed by atoms with Crippen LogP contribution in [0.1, 0.15) is 31.4 Å². The summed E-state index contributed by atoms with van der Waals surface area (Å²) in [5.74, 6) is 1.73. The van der Waals surface area contributed by atoms with E-state index in [9.17, 15) is 14.9 Å². The van der Waals surface area contributed by atoms with Gasteiger partial charge in [0, 0.05) is 50.0 Å². The first-order valence-electron chi connectivity index (χ1n) is 12.8. The summed E-state index contributed by atoms with van der Waals surface area (Å²) in [7, 11) is 0. The molecule has 0 saturated carbocycles. The Morgan fingerprint density at radius 2 is 1.87 bits per heavy atom. The number of fused-ring (bicyclic) bond motifs is 1. The van der Waals surface area contributed by atoms with Crippen molar-refractivity contribution in [3.8, 4) is 11.3 Å². The zero-order chi connectivity index (χ0) is 27.4. The van der Waals surface area contributed by atoms with E-state index in [1.165, 1.54) is 6.92 Å². The highest BCUT2D eigenvalue weighted by Crippen LogP contribution is 2.28. The summed E-state index contributed by atoms with van der Waals surface area (Å²) >= 11 is 0. The molecule has 0 spiro atoms. The lowest BCUT2D eigenvalue weighted by Gasteiger charge is -2.30. The fourth-order valence-electron chi connectivity index (χ4n) is 4.61. The summed E-state index contributed by atoms with van der Waals surface area (Å²) in [6.45, 7) is 4.82. The molecule has 0 fully saturated rings. The van der Waals surface area contributed by atoms with Crippen LogP contribution < -0.4 is 15.8 Å². The highest BCUT2D eigenvalue weighted by Gasteiger charge is 2.23. The van der Waals surface area contributed by atoms with Gasteiger partial charge in [0.2, 0.25) is 17.6 Å². The Labute approximate surface area is 225 Å². The molecule has 2 aromatic heterocycles. The normalized spacial score (nSPS) is 14.0. The average Bonchev–Trinajstić information content (AvgIpc) is 2.94. The summed E-state index contributed by atoms with van der Waals surface area (Å²) in [6, 6.07) is 20.8. The monoisotopic (exact) mass is 523 g/mol. The molecule has 0 amide bonds. The first kappa shape index (κ1) is 25.8. The van der Waals surface area contributed by atoms with Crippen LogP contribution in [-0.2, 0) is 13.0 Å². The first-order valence-corrected chi connectivity index (χ1v) is 12.8. The molecule has 0 bridgehead atoms. The lowest BCUT2D eigenvalue weighted by molar-refractivity contribution is -0.422. The molecule has 0 radical (unpaired) electrons. The number of benzene rings is 2. The van der Waals surface area contributed by atoms with Crippen LogP contribution in [0.2, 0.25) is 0 Å². The molecular weight excluding hydrogens is 494 g/mol. The highest BCUT2D eigenvalue weighted by molar-refractivity contribution is 5.63. The molecule has 39 heavy (non-hydrogen) atoms. The van der Waals surface area contributed by atoms with E-state index in [0.29, 0.717) is 36.5 Å². The highest BCUT2D eigenvalue weighted by atomic mass is 16.6. The van der Waals surface area contributed by atoms with E-state index in [4.69, 9.17) is 9.97 Å². The average molecular weight is 524 g/mol. The Hall–Kier alpha value is -4.86. The maximum Gasteiger partial charge on any atom is 0.255 e. The quantitative estimate of drug-likeness (QED) is 0.255.